The van der Waals surface area contributed by atoms with Crippen LogP contribution in [0.1, 0.15) is 58.2 Å². The molecule has 6 heteroatoms. The van der Waals surface area contributed by atoms with Gasteiger partial charge in [0.25, 0.3) is 0 Å². The summed E-state index contributed by atoms with van der Waals surface area (Å²) in [5.74, 6) is 1.54. The van der Waals surface area contributed by atoms with Crippen LogP contribution in [0.2, 0.25) is 0 Å². The van der Waals surface area contributed by atoms with Gasteiger partial charge in [-0.15, -0.1) is 12.4 Å². The first-order valence-electron chi connectivity index (χ1n) is 7.71. The van der Waals surface area contributed by atoms with Crippen molar-refractivity contribution in [2.24, 2.45) is 0 Å². The maximum atomic E-state index is 5.37. The van der Waals surface area contributed by atoms with Crippen molar-refractivity contribution in [2.75, 3.05) is 7.05 Å². The number of piperidine rings is 1. The van der Waals surface area contributed by atoms with Crippen LogP contribution in [0.15, 0.2) is 4.52 Å². The first-order valence-corrected chi connectivity index (χ1v) is 7.71. The Morgan fingerprint density at radius 1 is 1.24 bits per heavy atom. The molecular weight excluding hydrogens is 288 g/mol. The van der Waals surface area contributed by atoms with Gasteiger partial charge in [0.2, 0.25) is 5.89 Å². The van der Waals surface area contributed by atoms with Gasteiger partial charge >= 0.3 is 0 Å². The summed E-state index contributed by atoms with van der Waals surface area (Å²) in [6.45, 7) is 7.07. The van der Waals surface area contributed by atoms with E-state index in [1.807, 2.05) is 0 Å². The zero-order chi connectivity index (χ0) is 14.3. The lowest BCUT2D eigenvalue weighted by molar-refractivity contribution is 0.161. The molecule has 120 valence electrons. The Morgan fingerprint density at radius 3 is 2.38 bits per heavy atom. The van der Waals surface area contributed by atoms with Crippen molar-refractivity contribution in [1.82, 2.24) is 20.4 Å². The summed E-state index contributed by atoms with van der Waals surface area (Å²) in [4.78, 5) is 6.93. The van der Waals surface area contributed by atoms with Gasteiger partial charge in [0.1, 0.15) is 0 Å². The summed E-state index contributed by atoms with van der Waals surface area (Å²) < 4.78 is 5.37. The number of nitrogens with one attached hydrogen (secondary N) is 1. The predicted octanol–water partition coefficient (Wildman–Crippen LogP) is 2.50. The third kappa shape index (κ3) is 3.76. The first-order chi connectivity index (χ1) is 9.41. The Bertz CT molecular complexity index is 458. The van der Waals surface area contributed by atoms with Crippen LogP contribution >= 0.6 is 12.4 Å². The van der Waals surface area contributed by atoms with Crippen LogP contribution in [0.4, 0.5) is 0 Å². The van der Waals surface area contributed by atoms with Crippen LogP contribution in [0, 0.1) is 0 Å². The van der Waals surface area contributed by atoms with Gasteiger partial charge in [0.15, 0.2) is 5.82 Å². The smallest absolute Gasteiger partial charge is 0.232 e. The van der Waals surface area contributed by atoms with Gasteiger partial charge in [-0.3, -0.25) is 4.90 Å². The monoisotopic (exact) mass is 314 g/mol. The number of hydrogen-bond donors (Lipinski definition) is 1. The molecule has 0 spiro atoms. The van der Waals surface area contributed by atoms with E-state index in [1.54, 1.807) is 0 Å². The van der Waals surface area contributed by atoms with Crippen LogP contribution in [0.5, 0.6) is 0 Å². The Kier molecular flexibility index (Phi) is 4.96. The van der Waals surface area contributed by atoms with Crippen molar-refractivity contribution < 1.29 is 4.52 Å². The number of fused-ring (bicyclic) bond motifs is 2. The number of halogens is 1. The van der Waals surface area contributed by atoms with E-state index in [9.17, 15) is 0 Å². The summed E-state index contributed by atoms with van der Waals surface area (Å²) >= 11 is 0. The molecule has 2 atom stereocenters. The maximum Gasteiger partial charge on any atom is 0.232 e. The summed E-state index contributed by atoms with van der Waals surface area (Å²) in [5.41, 5.74) is -0.0717. The summed E-state index contributed by atoms with van der Waals surface area (Å²) in [6, 6.07) is 2.08. The van der Waals surface area contributed by atoms with Crippen molar-refractivity contribution in [2.45, 2.75) is 76.5 Å². The topological polar surface area (TPSA) is 54.2 Å². The van der Waals surface area contributed by atoms with E-state index in [0.29, 0.717) is 6.04 Å². The van der Waals surface area contributed by atoms with E-state index in [0.717, 1.165) is 30.3 Å². The van der Waals surface area contributed by atoms with Crippen LogP contribution in [-0.2, 0) is 12.0 Å². The van der Waals surface area contributed by atoms with E-state index >= 15 is 0 Å². The SMILES string of the molecule is CN(Cc1noc(C(C)(C)C)n1)C1CC2CCC(C1)N2.Cl. The normalized spacial score (nSPS) is 28.7. The molecule has 5 nitrogen and oxygen atoms in total. The average molecular weight is 315 g/mol. The van der Waals surface area contributed by atoms with Gasteiger partial charge in [-0.1, -0.05) is 25.9 Å². The second-order valence-electron chi connectivity index (χ2n) is 7.44. The molecule has 2 aliphatic rings. The lowest BCUT2D eigenvalue weighted by atomic mass is 9.97. The predicted molar refractivity (Wildman–Crippen MR) is 84.7 cm³/mol. The Balaban J connectivity index is 0.00000161. The molecule has 3 heterocycles. The number of nitrogens with zero attached hydrogens (tertiary/aromatic N) is 3. The van der Waals surface area contributed by atoms with E-state index in [-0.39, 0.29) is 17.8 Å². The van der Waals surface area contributed by atoms with Crippen molar-refractivity contribution in [3.63, 3.8) is 0 Å². The van der Waals surface area contributed by atoms with Gasteiger partial charge in [-0.2, -0.15) is 4.98 Å². The van der Waals surface area contributed by atoms with Crippen LogP contribution in [-0.4, -0.2) is 40.2 Å². The second kappa shape index (κ2) is 6.23. The maximum absolute atomic E-state index is 5.37. The van der Waals surface area contributed by atoms with Crippen molar-refractivity contribution in [3.8, 4) is 0 Å². The molecule has 0 saturated carbocycles. The number of rotatable bonds is 3. The van der Waals surface area contributed by atoms with Crippen LogP contribution in [0.25, 0.3) is 0 Å². The first kappa shape index (κ1) is 16.7. The van der Waals surface area contributed by atoms with E-state index in [4.69, 9.17) is 4.52 Å². The van der Waals surface area contributed by atoms with E-state index < -0.39 is 0 Å². The lowest BCUT2D eigenvalue weighted by Crippen LogP contribution is -2.46. The molecule has 0 aliphatic carbocycles. The highest BCUT2D eigenvalue weighted by Crippen LogP contribution is 2.29. The molecule has 2 unspecified atom stereocenters. The molecule has 2 bridgehead atoms. The fraction of sp³-hybridized carbons (Fsp3) is 0.867. The highest BCUT2D eigenvalue weighted by Gasteiger charge is 2.35. The Labute approximate surface area is 133 Å². The molecule has 1 N–H and O–H groups in total. The van der Waals surface area contributed by atoms with Gasteiger partial charge in [-0.05, 0) is 32.7 Å². The molecular formula is C15H27ClN4O. The molecule has 3 rings (SSSR count). The molecule has 21 heavy (non-hydrogen) atoms. The fourth-order valence-electron chi connectivity index (χ4n) is 3.36. The summed E-state index contributed by atoms with van der Waals surface area (Å²) in [7, 11) is 2.18. The number of aromatic nitrogens is 2. The highest BCUT2D eigenvalue weighted by atomic mass is 35.5. The fourth-order valence-corrected chi connectivity index (χ4v) is 3.36. The lowest BCUT2D eigenvalue weighted by Gasteiger charge is -2.35. The van der Waals surface area contributed by atoms with Crippen LogP contribution < -0.4 is 5.32 Å². The summed E-state index contributed by atoms with van der Waals surface area (Å²) in [6.07, 6.45) is 5.17. The molecule has 2 fully saturated rings. The molecule has 1 aromatic heterocycles. The molecule has 2 saturated heterocycles. The van der Waals surface area contributed by atoms with Crippen molar-refractivity contribution in [3.05, 3.63) is 11.7 Å². The molecule has 0 amide bonds. The zero-order valence-electron chi connectivity index (χ0n) is 13.4. The number of hydrogen-bond acceptors (Lipinski definition) is 5. The van der Waals surface area contributed by atoms with Gasteiger partial charge < -0.3 is 9.84 Å². The zero-order valence-corrected chi connectivity index (χ0v) is 14.2. The molecule has 0 radical (unpaired) electrons. The molecule has 0 aromatic carbocycles. The highest BCUT2D eigenvalue weighted by molar-refractivity contribution is 5.85. The van der Waals surface area contributed by atoms with Gasteiger partial charge in [0, 0.05) is 23.5 Å². The van der Waals surface area contributed by atoms with Crippen molar-refractivity contribution in [1.29, 1.82) is 0 Å². The Morgan fingerprint density at radius 2 is 1.86 bits per heavy atom. The second-order valence-corrected chi connectivity index (χ2v) is 7.44. The molecule has 2 aliphatic heterocycles. The minimum Gasteiger partial charge on any atom is -0.339 e. The summed E-state index contributed by atoms with van der Waals surface area (Å²) in [5, 5.41) is 7.81. The van der Waals surface area contributed by atoms with E-state index in [1.165, 1.54) is 25.7 Å². The largest absolute Gasteiger partial charge is 0.339 e. The van der Waals surface area contributed by atoms with Crippen molar-refractivity contribution >= 4 is 12.4 Å². The third-order valence-electron chi connectivity index (χ3n) is 4.57. The third-order valence-corrected chi connectivity index (χ3v) is 4.57. The van der Waals surface area contributed by atoms with E-state index in [2.05, 4.69) is 48.2 Å². The van der Waals surface area contributed by atoms with Crippen LogP contribution in [0.3, 0.4) is 0 Å². The van der Waals surface area contributed by atoms with Gasteiger partial charge in [-0.25, -0.2) is 0 Å². The Hall–Kier alpha value is -0.650. The average Bonchev–Trinajstić information content (AvgIpc) is 2.96. The molecule has 1 aromatic rings. The minimum atomic E-state index is -0.0717. The van der Waals surface area contributed by atoms with Gasteiger partial charge in [0.05, 0.1) is 6.54 Å². The quantitative estimate of drug-likeness (QED) is 0.929. The standard InChI is InChI=1S/C15H26N4O.ClH/c1-15(2,3)14-17-13(18-20-14)9-19(4)12-7-10-5-6-11(8-12)16-10;/h10-12,16H,5-9H2,1-4H3;1H. The minimum absolute atomic E-state index is 0.